The van der Waals surface area contributed by atoms with E-state index in [-0.39, 0.29) is 24.1 Å². The van der Waals surface area contributed by atoms with Gasteiger partial charge in [0.15, 0.2) is 0 Å². The van der Waals surface area contributed by atoms with Crippen LogP contribution in [0.1, 0.15) is 29.6 Å². The first kappa shape index (κ1) is 15.9. The molecule has 3 N–H and O–H groups in total. The Labute approximate surface area is 146 Å². The van der Waals surface area contributed by atoms with Crippen LogP contribution in [0.2, 0.25) is 0 Å². The van der Waals surface area contributed by atoms with Crippen molar-refractivity contribution in [1.82, 2.24) is 10.6 Å². The fraction of sp³-hybridized carbons (Fsp3) is 0.421. The van der Waals surface area contributed by atoms with Crippen molar-refractivity contribution in [1.29, 1.82) is 0 Å². The minimum Gasteiger partial charge on any atom is -0.356 e. The predicted octanol–water partition coefficient (Wildman–Crippen LogP) is 1.46. The molecule has 25 heavy (non-hydrogen) atoms. The van der Waals surface area contributed by atoms with Crippen LogP contribution in [0.25, 0.3) is 0 Å². The van der Waals surface area contributed by atoms with E-state index < -0.39 is 6.04 Å². The third-order valence-electron chi connectivity index (χ3n) is 5.42. The maximum Gasteiger partial charge on any atom is 0.254 e. The van der Waals surface area contributed by atoms with Gasteiger partial charge in [-0.05, 0) is 42.7 Å². The molecule has 0 spiro atoms. The summed E-state index contributed by atoms with van der Waals surface area (Å²) >= 11 is 0. The molecule has 3 amide bonds. The van der Waals surface area contributed by atoms with Crippen LogP contribution in [0.15, 0.2) is 36.4 Å². The van der Waals surface area contributed by atoms with E-state index in [0.29, 0.717) is 35.5 Å². The Balaban J connectivity index is 1.34. The molecule has 1 aromatic carbocycles. The number of benzene rings is 1. The number of para-hydroxylation sites is 1. The number of amides is 3. The number of allylic oxidation sites excluding steroid dienone is 2. The van der Waals surface area contributed by atoms with Gasteiger partial charge in [0, 0.05) is 6.54 Å². The van der Waals surface area contributed by atoms with Crippen LogP contribution in [0.4, 0.5) is 5.69 Å². The lowest BCUT2D eigenvalue weighted by Gasteiger charge is -2.19. The Bertz CT molecular complexity index is 758. The fourth-order valence-corrected chi connectivity index (χ4v) is 4.09. The molecule has 1 heterocycles. The van der Waals surface area contributed by atoms with Gasteiger partial charge in [0.05, 0.1) is 17.7 Å². The van der Waals surface area contributed by atoms with Gasteiger partial charge in [-0.3, -0.25) is 14.4 Å². The van der Waals surface area contributed by atoms with Crippen molar-refractivity contribution in [2.24, 2.45) is 17.8 Å². The summed E-state index contributed by atoms with van der Waals surface area (Å²) in [5.41, 5.74) is 0.884. The van der Waals surface area contributed by atoms with Gasteiger partial charge in [-0.2, -0.15) is 0 Å². The van der Waals surface area contributed by atoms with Gasteiger partial charge in [-0.15, -0.1) is 0 Å². The van der Waals surface area contributed by atoms with Crippen molar-refractivity contribution < 1.29 is 14.4 Å². The SMILES string of the molecule is O=C(C[C@@H]1NC(=O)c2ccccc2NC1=O)NC[C@@H]1C[C@H]2C=C[C@H]1C2. The highest BCUT2D eigenvalue weighted by molar-refractivity contribution is 6.10. The number of anilines is 1. The van der Waals surface area contributed by atoms with Crippen LogP contribution in [0, 0.1) is 17.8 Å². The lowest BCUT2D eigenvalue weighted by atomic mass is 9.93. The molecule has 0 unspecified atom stereocenters. The number of nitrogens with one attached hydrogen (secondary N) is 3. The second-order valence-corrected chi connectivity index (χ2v) is 7.11. The molecule has 0 radical (unpaired) electrons. The molecule has 1 aromatic rings. The van der Waals surface area contributed by atoms with Crippen LogP contribution in [0.3, 0.4) is 0 Å². The van der Waals surface area contributed by atoms with Crippen LogP contribution < -0.4 is 16.0 Å². The monoisotopic (exact) mass is 339 g/mol. The zero-order chi connectivity index (χ0) is 17.4. The van der Waals surface area contributed by atoms with Gasteiger partial charge in [0.2, 0.25) is 11.8 Å². The standard InChI is InChI=1S/C19H21N3O3/c23-17(20-10-13-8-11-5-6-12(13)7-11)9-16-19(25)21-15-4-2-1-3-14(15)18(24)22-16/h1-6,11-13,16H,7-10H2,(H,20,23)(H,21,25)(H,22,24)/t11-,12-,13-,16-/m0/s1. The van der Waals surface area contributed by atoms with Crippen molar-refractivity contribution in [3.63, 3.8) is 0 Å². The normalized spacial score (nSPS) is 29.6. The topological polar surface area (TPSA) is 87.3 Å². The minimum absolute atomic E-state index is 0.0534. The number of carbonyl (C=O) groups excluding carboxylic acids is 3. The molecule has 3 aliphatic rings. The highest BCUT2D eigenvalue weighted by Gasteiger charge is 2.36. The van der Waals surface area contributed by atoms with E-state index in [0.717, 1.165) is 6.42 Å². The average molecular weight is 339 g/mol. The van der Waals surface area contributed by atoms with Crippen molar-refractivity contribution in [3.05, 3.63) is 42.0 Å². The number of hydrogen-bond acceptors (Lipinski definition) is 3. The van der Waals surface area contributed by atoms with Crippen molar-refractivity contribution in [3.8, 4) is 0 Å². The zero-order valence-electron chi connectivity index (χ0n) is 13.8. The number of carbonyl (C=O) groups is 3. The van der Waals surface area contributed by atoms with Crippen molar-refractivity contribution >= 4 is 23.4 Å². The van der Waals surface area contributed by atoms with E-state index in [2.05, 4.69) is 28.1 Å². The molecule has 2 aliphatic carbocycles. The fourth-order valence-electron chi connectivity index (χ4n) is 4.09. The Hall–Kier alpha value is -2.63. The molecule has 0 saturated heterocycles. The molecule has 4 atom stereocenters. The van der Waals surface area contributed by atoms with Crippen LogP contribution in [0.5, 0.6) is 0 Å². The van der Waals surface area contributed by atoms with Crippen molar-refractivity contribution in [2.45, 2.75) is 25.3 Å². The third kappa shape index (κ3) is 3.16. The maximum atomic E-state index is 12.3. The molecule has 130 valence electrons. The molecule has 6 heteroatoms. The summed E-state index contributed by atoms with van der Waals surface area (Å²) in [4.78, 5) is 36.8. The third-order valence-corrected chi connectivity index (χ3v) is 5.42. The summed E-state index contributed by atoms with van der Waals surface area (Å²) in [7, 11) is 0. The molecule has 0 aromatic heterocycles. The van der Waals surface area contributed by atoms with Crippen molar-refractivity contribution in [2.75, 3.05) is 11.9 Å². The van der Waals surface area contributed by atoms with Crippen LogP contribution >= 0.6 is 0 Å². The second kappa shape index (κ2) is 6.35. The Morgan fingerprint density at radius 1 is 1.16 bits per heavy atom. The largest absolute Gasteiger partial charge is 0.356 e. The number of rotatable bonds is 4. The highest BCUT2D eigenvalue weighted by atomic mass is 16.2. The summed E-state index contributed by atoms with van der Waals surface area (Å²) in [6, 6.07) is 5.96. The Kier molecular flexibility index (Phi) is 4.03. The lowest BCUT2D eigenvalue weighted by molar-refractivity contribution is -0.125. The molecule has 1 aliphatic heterocycles. The quantitative estimate of drug-likeness (QED) is 0.726. The number of hydrogen-bond donors (Lipinski definition) is 3. The molecule has 6 nitrogen and oxygen atoms in total. The van der Waals surface area contributed by atoms with Crippen LogP contribution in [-0.4, -0.2) is 30.3 Å². The predicted molar refractivity (Wildman–Crippen MR) is 92.8 cm³/mol. The van der Waals surface area contributed by atoms with Gasteiger partial charge in [-0.25, -0.2) is 0 Å². The molecule has 1 fully saturated rings. The van der Waals surface area contributed by atoms with Gasteiger partial charge in [-0.1, -0.05) is 24.3 Å². The molecule has 4 rings (SSSR count). The van der Waals surface area contributed by atoms with Gasteiger partial charge < -0.3 is 16.0 Å². The summed E-state index contributed by atoms with van der Waals surface area (Å²) in [5.74, 6) is 0.804. The van der Waals surface area contributed by atoms with E-state index >= 15 is 0 Å². The Morgan fingerprint density at radius 3 is 2.76 bits per heavy atom. The van der Waals surface area contributed by atoms with E-state index in [4.69, 9.17) is 0 Å². The van der Waals surface area contributed by atoms with Gasteiger partial charge in [0.1, 0.15) is 6.04 Å². The van der Waals surface area contributed by atoms with E-state index in [1.165, 1.54) is 6.42 Å². The molecular formula is C19H21N3O3. The molecule has 2 bridgehead atoms. The van der Waals surface area contributed by atoms with E-state index in [1.807, 2.05) is 0 Å². The van der Waals surface area contributed by atoms with Crippen LogP contribution in [-0.2, 0) is 9.59 Å². The number of fused-ring (bicyclic) bond motifs is 3. The molecule has 1 saturated carbocycles. The summed E-state index contributed by atoms with van der Waals surface area (Å²) in [6.07, 6.45) is 6.78. The Morgan fingerprint density at radius 2 is 2.00 bits per heavy atom. The zero-order valence-corrected chi connectivity index (χ0v) is 13.8. The summed E-state index contributed by atoms with van der Waals surface area (Å²) < 4.78 is 0. The second-order valence-electron chi connectivity index (χ2n) is 7.11. The summed E-state index contributed by atoms with van der Waals surface area (Å²) in [6.45, 7) is 0.632. The summed E-state index contributed by atoms with van der Waals surface area (Å²) in [5, 5.41) is 8.29. The first-order chi connectivity index (χ1) is 12.1. The van der Waals surface area contributed by atoms with E-state index in [1.54, 1.807) is 24.3 Å². The lowest BCUT2D eigenvalue weighted by Crippen LogP contribution is -2.45. The maximum absolute atomic E-state index is 12.3. The first-order valence-corrected chi connectivity index (χ1v) is 8.76. The van der Waals surface area contributed by atoms with E-state index in [9.17, 15) is 14.4 Å². The average Bonchev–Trinajstić information content (AvgIpc) is 3.20. The first-order valence-electron chi connectivity index (χ1n) is 8.76. The van der Waals surface area contributed by atoms with Gasteiger partial charge in [0.25, 0.3) is 5.91 Å². The molecular weight excluding hydrogens is 318 g/mol. The highest BCUT2D eigenvalue weighted by Crippen LogP contribution is 2.42. The minimum atomic E-state index is -0.861. The van der Waals surface area contributed by atoms with Gasteiger partial charge >= 0.3 is 0 Å². The smallest absolute Gasteiger partial charge is 0.254 e.